The number of nitrogen functional groups attached to an aromatic ring is 1. The monoisotopic (exact) mass is 317 g/mol. The number of halogens is 1. The largest absolute Gasteiger partial charge is 0.382 e. The first kappa shape index (κ1) is 15.2. The van der Waals surface area contributed by atoms with Crippen LogP contribution in [0.4, 0.5) is 5.82 Å². The Bertz CT molecular complexity index is 616. The average Bonchev–Trinajstić information content (AvgIpc) is 2.52. The molecular weight excluding hydrogens is 298 g/mol. The number of nitrogens with two attached hydrogens (primary N) is 1. The first-order valence-electron chi connectivity index (χ1n) is 7.59. The van der Waals surface area contributed by atoms with Gasteiger partial charge in [0.1, 0.15) is 5.82 Å². The summed E-state index contributed by atoms with van der Waals surface area (Å²) in [5, 5.41) is 0.679. The average molecular weight is 318 g/mol. The number of nitrogens with zero attached hydrogens (tertiary/aromatic N) is 4. The van der Waals surface area contributed by atoms with Crippen molar-refractivity contribution in [3.05, 3.63) is 47.1 Å². The molecule has 1 aliphatic rings. The minimum absolute atomic E-state index is 0.555. The van der Waals surface area contributed by atoms with Crippen LogP contribution in [0.1, 0.15) is 24.2 Å². The van der Waals surface area contributed by atoms with Gasteiger partial charge in [0.2, 0.25) is 0 Å². The second-order valence-corrected chi connectivity index (χ2v) is 6.24. The number of anilines is 1. The summed E-state index contributed by atoms with van der Waals surface area (Å²) in [5.41, 5.74) is 7.88. The smallest absolute Gasteiger partial charge is 0.145 e. The van der Waals surface area contributed by atoms with Crippen LogP contribution in [0.2, 0.25) is 5.02 Å². The number of likely N-dealkylation sites (tertiary alicyclic amines) is 1. The zero-order valence-corrected chi connectivity index (χ0v) is 13.2. The van der Waals surface area contributed by atoms with E-state index < -0.39 is 0 Å². The number of pyridine rings is 1. The Labute approximate surface area is 135 Å². The molecule has 1 atom stereocenters. The van der Waals surface area contributed by atoms with Crippen LogP contribution >= 0.6 is 11.6 Å². The molecule has 22 heavy (non-hydrogen) atoms. The fraction of sp³-hybridized carbons (Fsp3) is 0.438. The normalized spacial score (nSPS) is 19.2. The summed E-state index contributed by atoms with van der Waals surface area (Å²) < 4.78 is 0. The molecule has 1 saturated heterocycles. The summed E-state index contributed by atoms with van der Waals surface area (Å²) in [4.78, 5) is 15.3. The number of piperidine rings is 1. The molecule has 0 radical (unpaired) electrons. The topological polar surface area (TPSA) is 67.9 Å². The second-order valence-electron chi connectivity index (χ2n) is 5.80. The highest BCUT2D eigenvalue weighted by molar-refractivity contribution is 6.30. The number of rotatable bonds is 4. The summed E-state index contributed by atoms with van der Waals surface area (Å²) in [5.74, 6) is 1.12. The van der Waals surface area contributed by atoms with Crippen molar-refractivity contribution in [3.8, 4) is 0 Å². The van der Waals surface area contributed by atoms with E-state index in [4.69, 9.17) is 17.3 Å². The second kappa shape index (κ2) is 7.03. The maximum atomic E-state index is 5.90. The van der Waals surface area contributed by atoms with E-state index in [-0.39, 0.29) is 0 Å². The third-order valence-electron chi connectivity index (χ3n) is 4.07. The zero-order valence-electron chi connectivity index (χ0n) is 12.5. The Morgan fingerprint density at radius 1 is 1.23 bits per heavy atom. The molecule has 0 spiro atoms. The van der Waals surface area contributed by atoms with Crippen LogP contribution in [0.5, 0.6) is 0 Å². The van der Waals surface area contributed by atoms with E-state index >= 15 is 0 Å². The maximum Gasteiger partial charge on any atom is 0.145 e. The first-order valence-corrected chi connectivity index (χ1v) is 7.96. The van der Waals surface area contributed by atoms with Gasteiger partial charge < -0.3 is 5.73 Å². The van der Waals surface area contributed by atoms with Crippen LogP contribution in [-0.4, -0.2) is 32.9 Å². The Balaban J connectivity index is 1.59. The van der Waals surface area contributed by atoms with Crippen LogP contribution in [0, 0.1) is 5.92 Å². The molecule has 5 nitrogen and oxygen atoms in total. The van der Waals surface area contributed by atoms with Crippen molar-refractivity contribution >= 4 is 17.4 Å². The van der Waals surface area contributed by atoms with Crippen molar-refractivity contribution in [2.45, 2.75) is 25.8 Å². The fourth-order valence-electron chi connectivity index (χ4n) is 3.00. The van der Waals surface area contributed by atoms with Gasteiger partial charge in [0, 0.05) is 31.7 Å². The van der Waals surface area contributed by atoms with Crippen molar-refractivity contribution in [3.63, 3.8) is 0 Å². The summed E-state index contributed by atoms with van der Waals surface area (Å²) in [7, 11) is 0. The molecule has 0 saturated carbocycles. The lowest BCUT2D eigenvalue weighted by Gasteiger charge is -2.32. The Morgan fingerprint density at radius 2 is 2.09 bits per heavy atom. The predicted octanol–water partition coefficient (Wildman–Crippen LogP) is 2.56. The highest BCUT2D eigenvalue weighted by atomic mass is 35.5. The molecule has 3 rings (SSSR count). The first-order chi connectivity index (χ1) is 10.7. The standard InChI is InChI=1S/C16H20ClN5/c17-13-3-4-14(21-9-13)11-22-7-1-2-12(10-22)8-15-16(18)20-6-5-19-15/h3-6,9,12H,1-2,7-8,10-11H2,(H2,18,20). The molecule has 6 heteroatoms. The van der Waals surface area contributed by atoms with Gasteiger partial charge in [-0.1, -0.05) is 11.6 Å². The van der Waals surface area contributed by atoms with Crippen molar-refractivity contribution in [1.82, 2.24) is 19.9 Å². The molecule has 2 aromatic heterocycles. The van der Waals surface area contributed by atoms with Gasteiger partial charge in [-0.05, 0) is 43.9 Å². The molecular formula is C16H20ClN5. The molecule has 2 aromatic rings. The van der Waals surface area contributed by atoms with Crippen LogP contribution in [-0.2, 0) is 13.0 Å². The quantitative estimate of drug-likeness (QED) is 0.938. The van der Waals surface area contributed by atoms with Crippen molar-refractivity contribution in [1.29, 1.82) is 0 Å². The van der Waals surface area contributed by atoms with Gasteiger partial charge in [-0.15, -0.1) is 0 Å². The Hall–Kier alpha value is -1.72. The maximum absolute atomic E-state index is 5.90. The lowest BCUT2D eigenvalue weighted by Crippen LogP contribution is -2.36. The number of aromatic nitrogens is 3. The van der Waals surface area contributed by atoms with E-state index in [1.807, 2.05) is 12.1 Å². The minimum Gasteiger partial charge on any atom is -0.382 e. The summed E-state index contributed by atoms with van der Waals surface area (Å²) in [6, 6.07) is 3.89. The molecule has 0 aliphatic carbocycles. The van der Waals surface area contributed by atoms with Crippen molar-refractivity contribution in [2.75, 3.05) is 18.8 Å². The van der Waals surface area contributed by atoms with Gasteiger partial charge in [-0.25, -0.2) is 4.98 Å². The van der Waals surface area contributed by atoms with E-state index in [2.05, 4.69) is 19.9 Å². The Morgan fingerprint density at radius 3 is 2.86 bits per heavy atom. The van der Waals surface area contributed by atoms with E-state index in [0.717, 1.165) is 37.4 Å². The van der Waals surface area contributed by atoms with Crippen LogP contribution in [0.3, 0.4) is 0 Å². The third kappa shape index (κ3) is 3.93. The van der Waals surface area contributed by atoms with Crippen LogP contribution < -0.4 is 5.73 Å². The minimum atomic E-state index is 0.555. The van der Waals surface area contributed by atoms with Gasteiger partial charge >= 0.3 is 0 Å². The molecule has 1 aliphatic heterocycles. The molecule has 3 heterocycles. The molecule has 0 aromatic carbocycles. The third-order valence-corrected chi connectivity index (χ3v) is 4.29. The van der Waals surface area contributed by atoms with E-state index in [0.29, 0.717) is 16.8 Å². The van der Waals surface area contributed by atoms with Crippen LogP contribution in [0.25, 0.3) is 0 Å². The van der Waals surface area contributed by atoms with Gasteiger partial charge in [-0.2, -0.15) is 0 Å². The van der Waals surface area contributed by atoms with Crippen molar-refractivity contribution in [2.24, 2.45) is 5.92 Å². The highest BCUT2D eigenvalue weighted by Gasteiger charge is 2.21. The van der Waals surface area contributed by atoms with Gasteiger partial charge in [0.05, 0.1) is 16.4 Å². The molecule has 0 bridgehead atoms. The SMILES string of the molecule is Nc1nccnc1CC1CCCN(Cc2ccc(Cl)cn2)C1. The number of hydrogen-bond donors (Lipinski definition) is 1. The molecule has 2 N–H and O–H groups in total. The lowest BCUT2D eigenvalue weighted by atomic mass is 9.93. The molecule has 0 amide bonds. The zero-order chi connectivity index (χ0) is 15.4. The summed E-state index contributed by atoms with van der Waals surface area (Å²) in [6.45, 7) is 3.01. The van der Waals surface area contributed by atoms with Crippen LogP contribution in [0.15, 0.2) is 30.7 Å². The number of hydrogen-bond acceptors (Lipinski definition) is 5. The predicted molar refractivity (Wildman–Crippen MR) is 87.4 cm³/mol. The van der Waals surface area contributed by atoms with Crippen molar-refractivity contribution < 1.29 is 0 Å². The van der Waals surface area contributed by atoms with Gasteiger partial charge in [-0.3, -0.25) is 14.9 Å². The van der Waals surface area contributed by atoms with E-state index in [9.17, 15) is 0 Å². The highest BCUT2D eigenvalue weighted by Crippen LogP contribution is 2.22. The van der Waals surface area contributed by atoms with Gasteiger partial charge in [0.15, 0.2) is 0 Å². The Kier molecular flexibility index (Phi) is 4.85. The summed E-state index contributed by atoms with van der Waals surface area (Å²) in [6.07, 6.45) is 8.35. The summed E-state index contributed by atoms with van der Waals surface area (Å²) >= 11 is 5.88. The van der Waals surface area contributed by atoms with E-state index in [1.165, 1.54) is 12.8 Å². The fourth-order valence-corrected chi connectivity index (χ4v) is 3.11. The molecule has 1 fully saturated rings. The van der Waals surface area contributed by atoms with E-state index in [1.54, 1.807) is 18.6 Å². The molecule has 1 unspecified atom stereocenters. The molecule has 116 valence electrons. The lowest BCUT2D eigenvalue weighted by molar-refractivity contribution is 0.165. The van der Waals surface area contributed by atoms with Gasteiger partial charge in [0.25, 0.3) is 0 Å².